The molecule has 0 aromatic heterocycles. The molecule has 3 nitrogen and oxygen atoms in total. The smallest absolute Gasteiger partial charge is 0.317 e. The Morgan fingerprint density at radius 2 is 1.78 bits per heavy atom. The average molecular weight is 252 g/mol. The Hall–Kier alpha value is -0.730. The number of nitrogens with zero attached hydrogens (tertiary/aromatic N) is 1. The number of hydrogen-bond acceptors (Lipinski definition) is 1. The Morgan fingerprint density at radius 1 is 1.06 bits per heavy atom. The molecule has 1 atom stereocenters. The highest BCUT2D eigenvalue weighted by atomic mass is 16.2. The van der Waals surface area contributed by atoms with E-state index in [1.54, 1.807) is 0 Å². The number of rotatable bonds is 2. The SMILES string of the molecule is CC(C)C1CCCN(C(=O)NC2CCCC2)CC1. The number of carbonyl (C=O) groups excluding carboxylic acids is 1. The molecule has 0 aromatic carbocycles. The molecule has 0 aromatic rings. The summed E-state index contributed by atoms with van der Waals surface area (Å²) in [5.41, 5.74) is 0. The van der Waals surface area contributed by atoms with Crippen molar-refractivity contribution < 1.29 is 4.79 Å². The molecule has 1 heterocycles. The van der Waals surface area contributed by atoms with Crippen LogP contribution < -0.4 is 5.32 Å². The maximum Gasteiger partial charge on any atom is 0.317 e. The first-order chi connectivity index (χ1) is 8.66. The Labute approximate surface area is 111 Å². The minimum Gasteiger partial charge on any atom is -0.335 e. The zero-order chi connectivity index (χ0) is 13.0. The number of amides is 2. The van der Waals surface area contributed by atoms with Crippen molar-refractivity contribution in [2.45, 2.75) is 64.8 Å². The van der Waals surface area contributed by atoms with E-state index in [-0.39, 0.29) is 6.03 Å². The van der Waals surface area contributed by atoms with Crippen LogP contribution in [-0.2, 0) is 0 Å². The second kappa shape index (κ2) is 6.44. The highest BCUT2D eigenvalue weighted by Crippen LogP contribution is 2.25. The predicted octanol–water partition coefficient (Wildman–Crippen LogP) is 3.40. The lowest BCUT2D eigenvalue weighted by molar-refractivity contribution is 0.194. The molecule has 104 valence electrons. The highest BCUT2D eigenvalue weighted by Gasteiger charge is 2.24. The first kappa shape index (κ1) is 13.7. The minimum absolute atomic E-state index is 0.186. The molecule has 1 unspecified atom stereocenters. The molecule has 3 heteroatoms. The van der Waals surface area contributed by atoms with Crippen LogP contribution >= 0.6 is 0 Å². The third kappa shape index (κ3) is 3.63. The standard InChI is InChI=1S/C15H28N2O/c1-12(2)13-6-5-10-17(11-9-13)15(18)16-14-7-3-4-8-14/h12-14H,3-11H2,1-2H3,(H,16,18). The third-order valence-corrected chi connectivity index (χ3v) is 4.69. The normalized spacial score (nSPS) is 26.4. The van der Waals surface area contributed by atoms with Crippen molar-refractivity contribution in [3.05, 3.63) is 0 Å². The maximum absolute atomic E-state index is 12.2. The van der Waals surface area contributed by atoms with Crippen LogP contribution in [0.5, 0.6) is 0 Å². The van der Waals surface area contributed by atoms with E-state index in [2.05, 4.69) is 19.2 Å². The van der Waals surface area contributed by atoms with E-state index in [1.807, 2.05) is 4.90 Å². The molecule has 1 N–H and O–H groups in total. The van der Waals surface area contributed by atoms with Gasteiger partial charge >= 0.3 is 6.03 Å². The summed E-state index contributed by atoms with van der Waals surface area (Å²) in [4.78, 5) is 14.2. The van der Waals surface area contributed by atoms with Crippen LogP contribution in [-0.4, -0.2) is 30.1 Å². The number of nitrogens with one attached hydrogen (secondary N) is 1. The molecule has 0 bridgehead atoms. The van der Waals surface area contributed by atoms with Gasteiger partial charge in [0.2, 0.25) is 0 Å². The van der Waals surface area contributed by atoms with Gasteiger partial charge in [-0.2, -0.15) is 0 Å². The molecular formula is C15H28N2O. The van der Waals surface area contributed by atoms with Crippen molar-refractivity contribution in [2.75, 3.05) is 13.1 Å². The molecule has 2 aliphatic rings. The fraction of sp³-hybridized carbons (Fsp3) is 0.933. The average Bonchev–Trinajstić information content (AvgIpc) is 2.70. The summed E-state index contributed by atoms with van der Waals surface area (Å²) in [5, 5.41) is 3.21. The van der Waals surface area contributed by atoms with Crippen LogP contribution in [0.2, 0.25) is 0 Å². The monoisotopic (exact) mass is 252 g/mol. The Balaban J connectivity index is 1.79. The van der Waals surface area contributed by atoms with Crippen molar-refractivity contribution in [1.82, 2.24) is 10.2 Å². The number of carbonyl (C=O) groups is 1. The third-order valence-electron chi connectivity index (χ3n) is 4.69. The van der Waals surface area contributed by atoms with Crippen molar-refractivity contribution in [2.24, 2.45) is 11.8 Å². The molecule has 1 aliphatic heterocycles. The van der Waals surface area contributed by atoms with Gasteiger partial charge in [0.15, 0.2) is 0 Å². The van der Waals surface area contributed by atoms with E-state index in [0.29, 0.717) is 6.04 Å². The molecule has 18 heavy (non-hydrogen) atoms. The number of hydrogen-bond donors (Lipinski definition) is 1. The molecule has 0 spiro atoms. The lowest BCUT2D eigenvalue weighted by Gasteiger charge is -2.24. The minimum atomic E-state index is 0.186. The molecule has 1 saturated carbocycles. The van der Waals surface area contributed by atoms with Crippen molar-refractivity contribution in [3.63, 3.8) is 0 Å². The van der Waals surface area contributed by atoms with Crippen LogP contribution in [0.3, 0.4) is 0 Å². The Bertz CT molecular complexity index is 272. The molecule has 1 saturated heterocycles. The van der Waals surface area contributed by atoms with Gasteiger partial charge in [-0.05, 0) is 43.9 Å². The van der Waals surface area contributed by atoms with Gasteiger partial charge in [0.05, 0.1) is 0 Å². The Kier molecular flexibility index (Phi) is 4.90. The van der Waals surface area contributed by atoms with Crippen LogP contribution in [0.1, 0.15) is 58.8 Å². The fourth-order valence-corrected chi connectivity index (χ4v) is 3.33. The van der Waals surface area contributed by atoms with Gasteiger partial charge in [-0.25, -0.2) is 4.79 Å². The zero-order valence-corrected chi connectivity index (χ0v) is 12.0. The van der Waals surface area contributed by atoms with E-state index < -0.39 is 0 Å². The lowest BCUT2D eigenvalue weighted by atomic mass is 9.89. The summed E-state index contributed by atoms with van der Waals surface area (Å²) in [6, 6.07) is 0.632. The first-order valence-electron chi connectivity index (χ1n) is 7.72. The summed E-state index contributed by atoms with van der Waals surface area (Å²) in [6.07, 6.45) is 8.53. The van der Waals surface area contributed by atoms with Gasteiger partial charge in [0.25, 0.3) is 0 Å². The van der Waals surface area contributed by atoms with Crippen LogP contribution in [0.4, 0.5) is 4.79 Å². The molecular weight excluding hydrogens is 224 g/mol. The van der Waals surface area contributed by atoms with E-state index >= 15 is 0 Å². The summed E-state index contributed by atoms with van der Waals surface area (Å²) >= 11 is 0. The number of urea groups is 1. The Morgan fingerprint density at radius 3 is 2.44 bits per heavy atom. The quantitative estimate of drug-likeness (QED) is 0.802. The summed E-state index contributed by atoms with van der Waals surface area (Å²) in [7, 11) is 0. The molecule has 0 radical (unpaired) electrons. The van der Waals surface area contributed by atoms with Gasteiger partial charge in [-0.3, -0.25) is 0 Å². The summed E-state index contributed by atoms with van der Waals surface area (Å²) in [5.74, 6) is 1.55. The second-order valence-electron chi connectivity index (χ2n) is 6.35. The van der Waals surface area contributed by atoms with E-state index in [0.717, 1.165) is 24.9 Å². The van der Waals surface area contributed by atoms with E-state index in [4.69, 9.17) is 0 Å². The number of likely N-dealkylation sites (tertiary alicyclic amines) is 1. The van der Waals surface area contributed by atoms with Crippen LogP contribution in [0, 0.1) is 11.8 Å². The fourth-order valence-electron chi connectivity index (χ4n) is 3.33. The zero-order valence-electron chi connectivity index (χ0n) is 12.0. The van der Waals surface area contributed by atoms with Gasteiger partial charge in [-0.15, -0.1) is 0 Å². The van der Waals surface area contributed by atoms with Gasteiger partial charge in [-0.1, -0.05) is 26.7 Å². The van der Waals surface area contributed by atoms with Crippen LogP contribution in [0.15, 0.2) is 0 Å². The highest BCUT2D eigenvalue weighted by molar-refractivity contribution is 5.74. The molecule has 2 amide bonds. The molecule has 2 rings (SSSR count). The maximum atomic E-state index is 12.2. The topological polar surface area (TPSA) is 32.3 Å². The second-order valence-corrected chi connectivity index (χ2v) is 6.35. The van der Waals surface area contributed by atoms with Gasteiger partial charge < -0.3 is 10.2 Å². The molecule has 1 aliphatic carbocycles. The largest absolute Gasteiger partial charge is 0.335 e. The molecule has 2 fully saturated rings. The van der Waals surface area contributed by atoms with E-state index in [1.165, 1.54) is 44.9 Å². The summed E-state index contributed by atoms with van der Waals surface area (Å²) < 4.78 is 0. The van der Waals surface area contributed by atoms with E-state index in [9.17, 15) is 4.79 Å². The van der Waals surface area contributed by atoms with Crippen LogP contribution in [0.25, 0.3) is 0 Å². The van der Waals surface area contributed by atoms with Gasteiger partial charge in [0, 0.05) is 19.1 Å². The lowest BCUT2D eigenvalue weighted by Crippen LogP contribution is -2.44. The first-order valence-corrected chi connectivity index (χ1v) is 7.72. The predicted molar refractivity (Wildman–Crippen MR) is 74.5 cm³/mol. The summed E-state index contributed by atoms with van der Waals surface area (Å²) in [6.45, 7) is 6.50. The van der Waals surface area contributed by atoms with Crippen molar-refractivity contribution in [1.29, 1.82) is 0 Å². The van der Waals surface area contributed by atoms with Crippen molar-refractivity contribution >= 4 is 6.03 Å². The van der Waals surface area contributed by atoms with Gasteiger partial charge in [0.1, 0.15) is 0 Å². The van der Waals surface area contributed by atoms with Crippen molar-refractivity contribution in [3.8, 4) is 0 Å².